The minimum atomic E-state index is -3.19. The number of aromatic nitrogens is 1. The zero-order chi connectivity index (χ0) is 25.0. The van der Waals surface area contributed by atoms with Crippen molar-refractivity contribution >= 4 is 27.2 Å². The highest BCUT2D eigenvalue weighted by atomic mass is 32.2. The first-order valence-electron chi connectivity index (χ1n) is 11.9. The highest BCUT2D eigenvalue weighted by Gasteiger charge is 2.36. The molecule has 8 heteroatoms. The molecule has 0 radical (unpaired) electrons. The monoisotopic (exact) mass is 493 g/mol. The van der Waals surface area contributed by atoms with Crippen LogP contribution in [0.5, 0.6) is 5.75 Å². The molecule has 2 fully saturated rings. The van der Waals surface area contributed by atoms with Crippen molar-refractivity contribution in [1.29, 1.82) is 0 Å². The Morgan fingerprint density at radius 2 is 1.80 bits per heavy atom. The lowest BCUT2D eigenvalue weighted by molar-refractivity contribution is 0.0590. The van der Waals surface area contributed by atoms with E-state index in [4.69, 9.17) is 4.74 Å². The fourth-order valence-corrected chi connectivity index (χ4v) is 5.71. The summed E-state index contributed by atoms with van der Waals surface area (Å²) < 4.78 is 30.7. The molecule has 1 aliphatic carbocycles. The van der Waals surface area contributed by atoms with E-state index < -0.39 is 9.84 Å². The van der Waals surface area contributed by atoms with Crippen molar-refractivity contribution in [3.63, 3.8) is 0 Å². The van der Waals surface area contributed by atoms with Crippen LogP contribution in [0.4, 0.5) is 0 Å². The minimum absolute atomic E-state index is 0.0260. The van der Waals surface area contributed by atoms with Gasteiger partial charge in [0.05, 0.1) is 15.8 Å². The summed E-state index contributed by atoms with van der Waals surface area (Å²) in [4.78, 5) is 23.8. The van der Waals surface area contributed by atoms with Gasteiger partial charge in [0.15, 0.2) is 9.84 Å². The van der Waals surface area contributed by atoms with Gasteiger partial charge in [0.2, 0.25) is 0 Å². The Balaban J connectivity index is 1.29. The standard InChI is InChI=1S/C27H31N3O4S/c1-4-5-19(2)29-20(3)21-6-13-26(28-18-21)27(31)30-16-14-23(15-17-30)34-22-7-9-24(10-8-22)35(32,33)25-11-12-25/h4-10,13,18,23,25H,3,11-12,14-17H2,1-2H3/b5-4-,29-19?. The second kappa shape index (κ2) is 10.6. The van der Waals surface area contributed by atoms with Gasteiger partial charge in [0.1, 0.15) is 17.5 Å². The molecule has 2 heterocycles. The first-order valence-corrected chi connectivity index (χ1v) is 13.5. The Labute approximate surface area is 207 Å². The third-order valence-corrected chi connectivity index (χ3v) is 8.46. The zero-order valence-corrected chi connectivity index (χ0v) is 21.0. The van der Waals surface area contributed by atoms with Crippen molar-refractivity contribution in [2.45, 2.75) is 55.8 Å². The summed E-state index contributed by atoms with van der Waals surface area (Å²) in [6.07, 6.45) is 8.31. The van der Waals surface area contributed by atoms with Crippen molar-refractivity contribution in [2.24, 2.45) is 4.99 Å². The molecule has 1 amide bonds. The lowest BCUT2D eigenvalue weighted by Gasteiger charge is -2.32. The highest BCUT2D eigenvalue weighted by Crippen LogP contribution is 2.34. The Morgan fingerprint density at radius 1 is 1.11 bits per heavy atom. The number of carbonyl (C=O) groups excluding carboxylic acids is 1. The summed E-state index contributed by atoms with van der Waals surface area (Å²) in [5.74, 6) is 0.540. The molecular weight excluding hydrogens is 462 g/mol. The van der Waals surface area contributed by atoms with Crippen LogP contribution in [-0.2, 0) is 9.84 Å². The molecule has 0 atom stereocenters. The molecule has 0 spiro atoms. The third kappa shape index (κ3) is 6.06. The molecule has 35 heavy (non-hydrogen) atoms. The average molecular weight is 494 g/mol. The molecule has 1 saturated heterocycles. The Hall–Kier alpha value is -3.26. The van der Waals surface area contributed by atoms with Crippen LogP contribution < -0.4 is 4.74 Å². The second-order valence-electron chi connectivity index (χ2n) is 8.96. The van der Waals surface area contributed by atoms with Crippen LogP contribution in [0.3, 0.4) is 0 Å². The summed E-state index contributed by atoms with van der Waals surface area (Å²) in [5.41, 5.74) is 2.61. The number of ether oxygens (including phenoxy) is 1. The molecule has 2 aromatic rings. The van der Waals surface area contributed by atoms with E-state index in [9.17, 15) is 13.2 Å². The first kappa shape index (κ1) is 24.9. The van der Waals surface area contributed by atoms with E-state index in [-0.39, 0.29) is 17.3 Å². The SMILES string of the molecule is C=C(N=C(C)/C=C\C)c1ccc(C(=O)N2CCC(Oc3ccc(S(=O)(=O)C4CC4)cc3)CC2)nc1. The van der Waals surface area contributed by atoms with Crippen LogP contribution in [-0.4, -0.2) is 54.4 Å². The molecule has 2 aliphatic rings. The number of benzene rings is 1. The molecule has 0 unspecified atom stereocenters. The number of amides is 1. The van der Waals surface area contributed by atoms with Crippen LogP contribution in [0.1, 0.15) is 55.6 Å². The fourth-order valence-electron chi connectivity index (χ4n) is 4.06. The molecule has 1 aliphatic heterocycles. The number of sulfone groups is 1. The number of rotatable bonds is 8. The van der Waals surface area contributed by atoms with E-state index in [0.29, 0.717) is 48.0 Å². The first-order chi connectivity index (χ1) is 16.8. The lowest BCUT2D eigenvalue weighted by Crippen LogP contribution is -2.42. The van der Waals surface area contributed by atoms with Gasteiger partial charge in [0.25, 0.3) is 5.91 Å². The van der Waals surface area contributed by atoms with Gasteiger partial charge in [-0.2, -0.15) is 0 Å². The van der Waals surface area contributed by atoms with Gasteiger partial charge < -0.3 is 9.64 Å². The summed E-state index contributed by atoms with van der Waals surface area (Å²) in [6.45, 7) is 8.95. The molecule has 184 valence electrons. The van der Waals surface area contributed by atoms with E-state index in [1.54, 1.807) is 41.4 Å². The number of hydrogen-bond acceptors (Lipinski definition) is 6. The molecule has 0 N–H and O–H groups in total. The number of hydrogen-bond donors (Lipinski definition) is 0. The van der Waals surface area contributed by atoms with E-state index in [1.165, 1.54) is 0 Å². The maximum atomic E-state index is 12.9. The van der Waals surface area contributed by atoms with Gasteiger partial charge >= 0.3 is 0 Å². The number of carbonyl (C=O) groups is 1. The number of likely N-dealkylation sites (tertiary alicyclic amines) is 1. The molecule has 0 bridgehead atoms. The van der Waals surface area contributed by atoms with Crippen molar-refractivity contribution < 1.29 is 17.9 Å². The van der Waals surface area contributed by atoms with Gasteiger partial charge in [-0.15, -0.1) is 0 Å². The molecule has 4 rings (SSSR count). The molecule has 1 aromatic carbocycles. The van der Waals surface area contributed by atoms with Gasteiger partial charge in [-0.25, -0.2) is 8.42 Å². The third-order valence-electron chi connectivity index (χ3n) is 6.18. The summed E-state index contributed by atoms with van der Waals surface area (Å²) in [7, 11) is -3.19. The highest BCUT2D eigenvalue weighted by molar-refractivity contribution is 7.92. The summed E-state index contributed by atoms with van der Waals surface area (Å²) in [5, 5.41) is -0.221. The van der Waals surface area contributed by atoms with E-state index in [2.05, 4.69) is 16.6 Å². The minimum Gasteiger partial charge on any atom is -0.490 e. The second-order valence-corrected chi connectivity index (χ2v) is 11.2. The van der Waals surface area contributed by atoms with Crippen molar-refractivity contribution in [2.75, 3.05) is 13.1 Å². The van der Waals surface area contributed by atoms with Crippen molar-refractivity contribution in [1.82, 2.24) is 9.88 Å². The van der Waals surface area contributed by atoms with Gasteiger partial charge in [-0.3, -0.25) is 14.8 Å². The number of aliphatic imine (C=N–C) groups is 1. The lowest BCUT2D eigenvalue weighted by atomic mass is 10.1. The number of allylic oxidation sites excluding steroid dienone is 2. The van der Waals surface area contributed by atoms with E-state index in [0.717, 1.165) is 24.1 Å². The summed E-state index contributed by atoms with van der Waals surface area (Å²) >= 11 is 0. The maximum absolute atomic E-state index is 12.9. The molecule has 1 saturated carbocycles. The van der Waals surface area contributed by atoms with Crippen LogP contribution in [0.2, 0.25) is 0 Å². The van der Waals surface area contributed by atoms with Gasteiger partial charge in [-0.1, -0.05) is 12.7 Å². The zero-order valence-electron chi connectivity index (χ0n) is 20.2. The van der Waals surface area contributed by atoms with Gasteiger partial charge in [0, 0.05) is 43.4 Å². The van der Waals surface area contributed by atoms with Crippen LogP contribution in [0, 0.1) is 0 Å². The van der Waals surface area contributed by atoms with Crippen molar-refractivity contribution in [3.05, 3.63) is 72.6 Å². The predicted molar refractivity (Wildman–Crippen MR) is 137 cm³/mol. The fraction of sp³-hybridized carbons (Fsp3) is 0.370. The quantitative estimate of drug-likeness (QED) is 0.497. The Bertz CT molecular complexity index is 1240. The van der Waals surface area contributed by atoms with E-state index in [1.807, 2.05) is 32.1 Å². The Kier molecular flexibility index (Phi) is 7.50. The van der Waals surface area contributed by atoms with Crippen LogP contribution >= 0.6 is 0 Å². The van der Waals surface area contributed by atoms with Crippen LogP contribution in [0.25, 0.3) is 5.70 Å². The van der Waals surface area contributed by atoms with E-state index >= 15 is 0 Å². The summed E-state index contributed by atoms with van der Waals surface area (Å²) in [6, 6.07) is 10.2. The molecule has 7 nitrogen and oxygen atoms in total. The van der Waals surface area contributed by atoms with Crippen LogP contribution in [0.15, 0.2) is 71.2 Å². The predicted octanol–water partition coefficient (Wildman–Crippen LogP) is 4.71. The smallest absolute Gasteiger partial charge is 0.272 e. The maximum Gasteiger partial charge on any atom is 0.272 e. The molecular formula is C27H31N3O4S. The number of nitrogens with zero attached hydrogens (tertiary/aromatic N) is 3. The number of pyridine rings is 1. The average Bonchev–Trinajstić information content (AvgIpc) is 3.71. The van der Waals surface area contributed by atoms with Gasteiger partial charge in [-0.05, 0) is 69.2 Å². The largest absolute Gasteiger partial charge is 0.490 e. The number of piperidine rings is 1. The molecule has 1 aromatic heterocycles. The van der Waals surface area contributed by atoms with Crippen molar-refractivity contribution in [3.8, 4) is 5.75 Å². The Morgan fingerprint density at radius 3 is 2.37 bits per heavy atom. The topological polar surface area (TPSA) is 88.9 Å². The normalized spacial score (nSPS) is 17.5.